The molecule has 0 aromatic heterocycles. The molecule has 0 aromatic carbocycles. The molecule has 18 heavy (non-hydrogen) atoms. The Morgan fingerprint density at radius 3 is 2.39 bits per heavy atom. The smallest absolute Gasteiger partial charge is 0.0198 e. The first-order valence-electron chi connectivity index (χ1n) is 7.76. The van der Waals surface area contributed by atoms with Gasteiger partial charge < -0.3 is 10.2 Å². The Balaban J connectivity index is 2.46. The number of nitrogens with zero attached hydrogens (tertiary/aromatic N) is 1. The molecule has 2 atom stereocenters. The van der Waals surface area contributed by atoms with E-state index in [-0.39, 0.29) is 0 Å². The van der Waals surface area contributed by atoms with E-state index in [0.717, 1.165) is 18.4 Å². The minimum absolute atomic E-state index is 0.391. The van der Waals surface area contributed by atoms with Crippen molar-refractivity contribution in [3.8, 4) is 0 Å². The quantitative estimate of drug-likeness (QED) is 0.809. The van der Waals surface area contributed by atoms with Crippen LogP contribution in [0.3, 0.4) is 0 Å². The maximum Gasteiger partial charge on any atom is 0.0198 e. The molecule has 1 saturated heterocycles. The zero-order valence-corrected chi connectivity index (χ0v) is 13.4. The van der Waals surface area contributed by atoms with Crippen molar-refractivity contribution < 1.29 is 0 Å². The van der Waals surface area contributed by atoms with E-state index in [1.165, 1.54) is 32.5 Å². The summed E-state index contributed by atoms with van der Waals surface area (Å²) in [5, 5.41) is 3.79. The number of piperidine rings is 1. The van der Waals surface area contributed by atoms with Crippen molar-refractivity contribution in [3.63, 3.8) is 0 Å². The van der Waals surface area contributed by atoms with Crippen LogP contribution in [0.15, 0.2) is 0 Å². The second-order valence-electron chi connectivity index (χ2n) is 7.76. The van der Waals surface area contributed by atoms with Crippen LogP contribution in [-0.4, -0.2) is 37.1 Å². The fraction of sp³-hybridized carbons (Fsp3) is 1.00. The third-order valence-electron chi connectivity index (χ3n) is 3.73. The molecular weight excluding hydrogens is 220 g/mol. The molecular formula is C16H34N2. The zero-order valence-electron chi connectivity index (χ0n) is 13.4. The summed E-state index contributed by atoms with van der Waals surface area (Å²) in [5.74, 6) is 1.67. The Morgan fingerprint density at radius 2 is 1.89 bits per heavy atom. The highest BCUT2D eigenvalue weighted by Gasteiger charge is 2.27. The van der Waals surface area contributed by atoms with Gasteiger partial charge in [0.2, 0.25) is 0 Å². The molecule has 1 N–H and O–H groups in total. The van der Waals surface area contributed by atoms with E-state index >= 15 is 0 Å². The van der Waals surface area contributed by atoms with Gasteiger partial charge in [-0.15, -0.1) is 0 Å². The van der Waals surface area contributed by atoms with Crippen LogP contribution in [0.25, 0.3) is 0 Å². The molecule has 2 unspecified atom stereocenters. The third-order valence-corrected chi connectivity index (χ3v) is 3.73. The summed E-state index contributed by atoms with van der Waals surface area (Å²) in [7, 11) is 0. The Bertz CT molecular complexity index is 230. The van der Waals surface area contributed by atoms with Crippen LogP contribution in [0.1, 0.15) is 54.4 Å². The Kier molecular flexibility index (Phi) is 6.13. The van der Waals surface area contributed by atoms with Crippen molar-refractivity contribution in [3.05, 3.63) is 0 Å². The second-order valence-corrected chi connectivity index (χ2v) is 7.76. The molecule has 0 radical (unpaired) electrons. The highest BCUT2D eigenvalue weighted by Crippen LogP contribution is 2.21. The average molecular weight is 254 g/mol. The van der Waals surface area contributed by atoms with E-state index < -0.39 is 0 Å². The lowest BCUT2D eigenvalue weighted by Crippen LogP contribution is -2.51. The van der Waals surface area contributed by atoms with Gasteiger partial charge in [-0.3, -0.25) is 0 Å². The largest absolute Gasteiger partial charge is 0.312 e. The molecule has 1 aliphatic heterocycles. The summed E-state index contributed by atoms with van der Waals surface area (Å²) < 4.78 is 0. The van der Waals surface area contributed by atoms with Gasteiger partial charge in [-0.25, -0.2) is 0 Å². The Morgan fingerprint density at radius 1 is 1.22 bits per heavy atom. The standard InChI is InChI=1S/C16H34N2/c1-7-14-8-15(17-12-16(4,5)6)11-18(10-14)9-13(2)3/h13-15,17H,7-12H2,1-6H3. The first kappa shape index (κ1) is 16.0. The van der Waals surface area contributed by atoms with Crippen LogP contribution in [0.4, 0.5) is 0 Å². The predicted molar refractivity (Wildman–Crippen MR) is 80.9 cm³/mol. The van der Waals surface area contributed by atoms with Gasteiger partial charge in [0.25, 0.3) is 0 Å². The van der Waals surface area contributed by atoms with Gasteiger partial charge in [0, 0.05) is 32.2 Å². The van der Waals surface area contributed by atoms with Crippen LogP contribution in [0.2, 0.25) is 0 Å². The topological polar surface area (TPSA) is 15.3 Å². The summed E-state index contributed by atoms with van der Waals surface area (Å²) in [6, 6.07) is 0.696. The fourth-order valence-corrected chi connectivity index (χ4v) is 2.86. The highest BCUT2D eigenvalue weighted by atomic mass is 15.2. The minimum atomic E-state index is 0.391. The molecule has 1 heterocycles. The molecule has 2 heteroatoms. The summed E-state index contributed by atoms with van der Waals surface area (Å²) in [5.41, 5.74) is 0.391. The van der Waals surface area contributed by atoms with Crippen molar-refractivity contribution >= 4 is 0 Å². The lowest BCUT2D eigenvalue weighted by Gasteiger charge is -2.39. The zero-order chi connectivity index (χ0) is 13.8. The van der Waals surface area contributed by atoms with Crippen LogP contribution in [0, 0.1) is 17.3 Å². The number of hydrogen-bond acceptors (Lipinski definition) is 2. The number of likely N-dealkylation sites (tertiary alicyclic amines) is 1. The van der Waals surface area contributed by atoms with Crippen LogP contribution < -0.4 is 5.32 Å². The molecule has 0 saturated carbocycles. The maximum absolute atomic E-state index is 3.79. The van der Waals surface area contributed by atoms with Crippen molar-refractivity contribution in [2.75, 3.05) is 26.2 Å². The molecule has 1 fully saturated rings. The van der Waals surface area contributed by atoms with Gasteiger partial charge in [0.05, 0.1) is 0 Å². The summed E-state index contributed by atoms with van der Waals surface area (Å²) >= 11 is 0. The number of hydrogen-bond donors (Lipinski definition) is 1. The van der Waals surface area contributed by atoms with Gasteiger partial charge >= 0.3 is 0 Å². The van der Waals surface area contributed by atoms with Gasteiger partial charge in [0.15, 0.2) is 0 Å². The molecule has 1 aliphatic rings. The monoisotopic (exact) mass is 254 g/mol. The van der Waals surface area contributed by atoms with Crippen LogP contribution in [-0.2, 0) is 0 Å². The van der Waals surface area contributed by atoms with E-state index in [1.807, 2.05) is 0 Å². The lowest BCUT2D eigenvalue weighted by atomic mass is 9.90. The van der Waals surface area contributed by atoms with E-state index in [4.69, 9.17) is 0 Å². The fourth-order valence-electron chi connectivity index (χ4n) is 2.86. The Hall–Kier alpha value is -0.0800. The SMILES string of the molecule is CCC1CC(NCC(C)(C)C)CN(CC(C)C)C1. The summed E-state index contributed by atoms with van der Waals surface area (Å²) in [6.07, 6.45) is 2.68. The predicted octanol–water partition coefficient (Wildman–Crippen LogP) is 3.38. The van der Waals surface area contributed by atoms with E-state index in [9.17, 15) is 0 Å². The van der Waals surface area contributed by atoms with Gasteiger partial charge in [-0.2, -0.15) is 0 Å². The lowest BCUT2D eigenvalue weighted by molar-refractivity contribution is 0.121. The Labute approximate surface area is 115 Å². The highest BCUT2D eigenvalue weighted by molar-refractivity contribution is 4.84. The second kappa shape index (κ2) is 6.91. The number of nitrogens with one attached hydrogen (secondary N) is 1. The van der Waals surface area contributed by atoms with Gasteiger partial charge in [-0.1, -0.05) is 48.0 Å². The van der Waals surface area contributed by atoms with E-state index in [1.54, 1.807) is 0 Å². The maximum atomic E-state index is 3.79. The average Bonchev–Trinajstić information content (AvgIpc) is 2.24. The summed E-state index contributed by atoms with van der Waals surface area (Å²) in [4.78, 5) is 2.67. The number of rotatable bonds is 5. The van der Waals surface area contributed by atoms with E-state index in [2.05, 4.69) is 51.8 Å². The normalized spacial score (nSPS) is 26.8. The first-order chi connectivity index (χ1) is 8.30. The van der Waals surface area contributed by atoms with Crippen LogP contribution >= 0.6 is 0 Å². The van der Waals surface area contributed by atoms with E-state index in [0.29, 0.717) is 11.5 Å². The first-order valence-corrected chi connectivity index (χ1v) is 7.76. The molecule has 1 rings (SSSR count). The van der Waals surface area contributed by atoms with Crippen molar-refractivity contribution in [1.82, 2.24) is 10.2 Å². The molecule has 108 valence electrons. The van der Waals surface area contributed by atoms with Gasteiger partial charge in [0.1, 0.15) is 0 Å². The van der Waals surface area contributed by atoms with Crippen molar-refractivity contribution in [1.29, 1.82) is 0 Å². The van der Waals surface area contributed by atoms with Crippen molar-refractivity contribution in [2.45, 2.75) is 60.4 Å². The van der Waals surface area contributed by atoms with Gasteiger partial charge in [-0.05, 0) is 23.7 Å². The molecule has 0 spiro atoms. The molecule has 0 aromatic rings. The van der Waals surface area contributed by atoms with Crippen molar-refractivity contribution in [2.24, 2.45) is 17.3 Å². The molecule has 0 aliphatic carbocycles. The molecule has 0 bridgehead atoms. The summed E-state index contributed by atoms with van der Waals surface area (Å²) in [6.45, 7) is 18.9. The molecule has 0 amide bonds. The molecule has 2 nitrogen and oxygen atoms in total. The van der Waals surface area contributed by atoms with Crippen LogP contribution in [0.5, 0.6) is 0 Å². The minimum Gasteiger partial charge on any atom is -0.312 e. The third kappa shape index (κ3) is 6.19.